The van der Waals surface area contributed by atoms with Crippen LogP contribution in [0.4, 0.5) is 4.39 Å². The predicted octanol–water partition coefficient (Wildman–Crippen LogP) is 0.817. The Morgan fingerprint density at radius 1 is 1.89 bits per heavy atom. The van der Waals surface area contributed by atoms with Gasteiger partial charge in [-0.2, -0.15) is 0 Å². The van der Waals surface area contributed by atoms with E-state index in [0.717, 1.165) is 0 Å². The van der Waals surface area contributed by atoms with Gasteiger partial charge >= 0.3 is 0 Å². The van der Waals surface area contributed by atoms with E-state index in [2.05, 4.69) is 0 Å². The molecule has 0 saturated carbocycles. The first-order valence-corrected chi connectivity index (χ1v) is 3.80. The SMILES string of the molecule is CC(F)(I)C(N)CCO. The third-order valence-corrected chi connectivity index (χ3v) is 1.89. The normalized spacial score (nSPS) is 21.0. The molecule has 9 heavy (non-hydrogen) atoms. The Labute approximate surface area is 67.8 Å². The number of hydrogen-bond acceptors (Lipinski definition) is 2. The summed E-state index contributed by atoms with van der Waals surface area (Å²) in [6.07, 6.45) is 0.315. The van der Waals surface area contributed by atoms with Crippen LogP contribution in [0.5, 0.6) is 0 Å². The second-order valence-corrected chi connectivity index (χ2v) is 4.18. The van der Waals surface area contributed by atoms with Crippen molar-refractivity contribution in [3.05, 3.63) is 0 Å². The fourth-order valence-electron chi connectivity index (χ4n) is 0.393. The number of hydrogen-bond donors (Lipinski definition) is 2. The first kappa shape index (κ1) is 9.58. The van der Waals surface area contributed by atoms with Crippen molar-refractivity contribution in [2.24, 2.45) is 5.73 Å². The van der Waals surface area contributed by atoms with Gasteiger partial charge in [-0.15, -0.1) is 0 Å². The fourth-order valence-corrected chi connectivity index (χ4v) is 0.704. The summed E-state index contributed by atoms with van der Waals surface area (Å²) in [5, 5.41) is 8.35. The van der Waals surface area contributed by atoms with Crippen LogP contribution >= 0.6 is 22.6 Å². The summed E-state index contributed by atoms with van der Waals surface area (Å²) in [6, 6.07) is -0.567. The molecule has 0 radical (unpaired) electrons. The highest BCUT2D eigenvalue weighted by Crippen LogP contribution is 2.24. The molecule has 0 amide bonds. The molecule has 0 aromatic carbocycles. The minimum absolute atomic E-state index is 0.0519. The molecule has 0 spiro atoms. The average molecular weight is 247 g/mol. The van der Waals surface area contributed by atoms with Crippen molar-refractivity contribution in [2.45, 2.75) is 23.1 Å². The Morgan fingerprint density at radius 3 is 2.44 bits per heavy atom. The van der Waals surface area contributed by atoms with Gasteiger partial charge in [-0.25, -0.2) is 4.39 Å². The van der Waals surface area contributed by atoms with E-state index in [-0.39, 0.29) is 6.61 Å². The van der Waals surface area contributed by atoms with Crippen LogP contribution in [0.1, 0.15) is 13.3 Å². The molecule has 3 N–H and O–H groups in total. The summed E-state index contributed by atoms with van der Waals surface area (Å²) in [6.45, 7) is 1.34. The van der Waals surface area contributed by atoms with Crippen molar-refractivity contribution < 1.29 is 9.50 Å². The maximum atomic E-state index is 12.7. The zero-order valence-corrected chi connectivity index (χ0v) is 7.43. The molecule has 0 bridgehead atoms. The first-order chi connectivity index (χ1) is 3.98. The molecular formula is C5H11FINO. The third-order valence-electron chi connectivity index (χ3n) is 1.09. The molecule has 2 nitrogen and oxygen atoms in total. The number of rotatable bonds is 3. The van der Waals surface area contributed by atoms with Crippen LogP contribution in [0.2, 0.25) is 0 Å². The highest BCUT2D eigenvalue weighted by molar-refractivity contribution is 14.1. The maximum Gasteiger partial charge on any atom is 0.173 e. The molecule has 4 heteroatoms. The summed E-state index contributed by atoms with van der Waals surface area (Å²) in [5.41, 5.74) is 5.32. The van der Waals surface area contributed by atoms with Crippen molar-refractivity contribution >= 4 is 22.6 Å². The van der Waals surface area contributed by atoms with Gasteiger partial charge in [-0.05, 0) is 35.9 Å². The molecule has 0 aromatic heterocycles. The van der Waals surface area contributed by atoms with E-state index in [0.29, 0.717) is 6.42 Å². The summed E-state index contributed by atoms with van der Waals surface area (Å²) in [7, 11) is 0. The van der Waals surface area contributed by atoms with Crippen molar-refractivity contribution in [3.63, 3.8) is 0 Å². The first-order valence-electron chi connectivity index (χ1n) is 2.72. The molecule has 0 heterocycles. The van der Waals surface area contributed by atoms with Gasteiger partial charge in [0.25, 0.3) is 0 Å². The molecule has 0 aliphatic rings. The van der Waals surface area contributed by atoms with Crippen molar-refractivity contribution in [2.75, 3.05) is 6.61 Å². The van der Waals surface area contributed by atoms with Crippen molar-refractivity contribution in [3.8, 4) is 0 Å². The second kappa shape index (κ2) is 3.68. The van der Waals surface area contributed by atoms with E-state index in [1.165, 1.54) is 6.92 Å². The molecule has 0 rings (SSSR count). The quantitative estimate of drug-likeness (QED) is 0.572. The lowest BCUT2D eigenvalue weighted by molar-refractivity contribution is 0.221. The summed E-state index contributed by atoms with van der Waals surface area (Å²) >= 11 is 1.62. The molecule has 0 aliphatic carbocycles. The van der Waals surface area contributed by atoms with E-state index in [4.69, 9.17) is 10.8 Å². The number of aliphatic hydroxyl groups is 1. The van der Waals surface area contributed by atoms with Gasteiger partial charge in [0, 0.05) is 12.6 Å². The van der Waals surface area contributed by atoms with Gasteiger partial charge in [0.05, 0.1) is 0 Å². The summed E-state index contributed by atoms with van der Waals surface area (Å²) in [4.78, 5) is 0. The Bertz CT molecular complexity index is 83.5. The fraction of sp³-hybridized carbons (Fsp3) is 1.00. The Kier molecular flexibility index (Phi) is 3.91. The Hall–Kier alpha value is 0.580. The van der Waals surface area contributed by atoms with E-state index in [1.54, 1.807) is 22.6 Å². The largest absolute Gasteiger partial charge is 0.396 e. The second-order valence-electron chi connectivity index (χ2n) is 2.08. The Morgan fingerprint density at radius 2 is 2.33 bits per heavy atom. The van der Waals surface area contributed by atoms with E-state index >= 15 is 0 Å². The number of halogens is 2. The molecule has 0 fully saturated rings. The molecule has 0 aromatic rings. The minimum Gasteiger partial charge on any atom is -0.396 e. The predicted molar refractivity (Wildman–Crippen MR) is 43.2 cm³/mol. The maximum absolute atomic E-state index is 12.7. The van der Waals surface area contributed by atoms with Crippen LogP contribution in [0.25, 0.3) is 0 Å². The summed E-state index contributed by atoms with van der Waals surface area (Å²) in [5.74, 6) is 0. The van der Waals surface area contributed by atoms with Crippen molar-refractivity contribution in [1.29, 1.82) is 0 Å². The Balaban J connectivity index is 3.59. The van der Waals surface area contributed by atoms with Crippen molar-refractivity contribution in [1.82, 2.24) is 0 Å². The highest BCUT2D eigenvalue weighted by Gasteiger charge is 2.26. The van der Waals surface area contributed by atoms with Crippen LogP contribution in [-0.4, -0.2) is 21.4 Å². The minimum atomic E-state index is -1.40. The molecule has 56 valence electrons. The molecule has 2 unspecified atom stereocenters. The van der Waals surface area contributed by atoms with Crippen LogP contribution < -0.4 is 5.73 Å². The van der Waals surface area contributed by atoms with Crippen LogP contribution in [0.3, 0.4) is 0 Å². The summed E-state index contributed by atoms with van der Waals surface area (Å²) < 4.78 is 11.3. The van der Waals surface area contributed by atoms with Gasteiger partial charge in [-0.1, -0.05) is 0 Å². The van der Waals surface area contributed by atoms with E-state index < -0.39 is 9.72 Å². The molecular weight excluding hydrogens is 236 g/mol. The van der Waals surface area contributed by atoms with Crippen LogP contribution in [0, 0.1) is 0 Å². The van der Waals surface area contributed by atoms with Crippen LogP contribution in [-0.2, 0) is 0 Å². The lowest BCUT2D eigenvalue weighted by atomic mass is 10.1. The topological polar surface area (TPSA) is 46.2 Å². The smallest absolute Gasteiger partial charge is 0.173 e. The lowest BCUT2D eigenvalue weighted by Gasteiger charge is -2.19. The molecule has 0 saturated heterocycles. The van der Waals surface area contributed by atoms with Gasteiger partial charge in [0.2, 0.25) is 0 Å². The van der Waals surface area contributed by atoms with Gasteiger partial charge in [0.15, 0.2) is 3.68 Å². The zero-order chi connectivity index (χ0) is 7.49. The number of alkyl halides is 2. The van der Waals surface area contributed by atoms with Crippen LogP contribution in [0.15, 0.2) is 0 Å². The van der Waals surface area contributed by atoms with E-state index in [1.807, 2.05) is 0 Å². The van der Waals surface area contributed by atoms with Gasteiger partial charge in [-0.3, -0.25) is 0 Å². The standard InChI is InChI=1S/C5H11FINO/c1-5(6,7)4(8)2-3-9/h4,9H,2-3,8H2,1H3. The number of aliphatic hydroxyl groups excluding tert-OH is 1. The van der Waals surface area contributed by atoms with E-state index in [9.17, 15) is 4.39 Å². The molecule has 2 atom stereocenters. The number of nitrogens with two attached hydrogens (primary N) is 1. The monoisotopic (exact) mass is 247 g/mol. The van der Waals surface area contributed by atoms with Gasteiger partial charge < -0.3 is 10.8 Å². The van der Waals surface area contributed by atoms with Gasteiger partial charge in [0.1, 0.15) is 0 Å². The highest BCUT2D eigenvalue weighted by atomic mass is 127. The third kappa shape index (κ3) is 4.05. The molecule has 0 aliphatic heterocycles. The average Bonchev–Trinajstić information content (AvgIpc) is 1.64. The lowest BCUT2D eigenvalue weighted by Crippen LogP contribution is -2.37. The zero-order valence-electron chi connectivity index (χ0n) is 5.27.